The highest BCUT2D eigenvalue weighted by molar-refractivity contribution is 6.06. The number of benzene rings is 1. The summed E-state index contributed by atoms with van der Waals surface area (Å²) in [6.45, 7) is 5.58. The maximum absolute atomic E-state index is 12.3. The van der Waals surface area contributed by atoms with Crippen LogP contribution in [0.1, 0.15) is 27.2 Å². The minimum atomic E-state index is -0.187. The second-order valence-electron chi connectivity index (χ2n) is 4.51. The molecule has 2 rings (SSSR count). The number of furan rings is 1. The number of carbonyl (C=O) groups is 1. The number of methoxy groups -OCH3 is 1. The van der Waals surface area contributed by atoms with Crippen LogP contribution < -0.4 is 10.1 Å². The highest BCUT2D eigenvalue weighted by atomic mass is 16.5. The van der Waals surface area contributed by atoms with E-state index in [-0.39, 0.29) is 5.91 Å². The Hall–Kier alpha value is -2.23. The second kappa shape index (κ2) is 5.18. The molecule has 2 aromatic rings. The van der Waals surface area contributed by atoms with E-state index in [1.165, 1.54) is 0 Å². The van der Waals surface area contributed by atoms with E-state index < -0.39 is 0 Å². The molecular formula is C15H17NO3. The van der Waals surface area contributed by atoms with Crippen LogP contribution in [0.3, 0.4) is 0 Å². The van der Waals surface area contributed by atoms with Crippen LogP contribution in [0.25, 0.3) is 0 Å². The first-order valence-electron chi connectivity index (χ1n) is 6.03. The summed E-state index contributed by atoms with van der Waals surface area (Å²) >= 11 is 0. The first kappa shape index (κ1) is 13.2. The Labute approximate surface area is 112 Å². The number of carbonyl (C=O) groups excluding carboxylic acids is 1. The molecule has 1 heterocycles. The lowest BCUT2D eigenvalue weighted by Crippen LogP contribution is -2.14. The smallest absolute Gasteiger partial charge is 0.259 e. The number of rotatable bonds is 3. The van der Waals surface area contributed by atoms with Crippen molar-refractivity contribution in [2.24, 2.45) is 0 Å². The average molecular weight is 259 g/mol. The van der Waals surface area contributed by atoms with Gasteiger partial charge in [0.15, 0.2) is 0 Å². The third-order valence-corrected chi connectivity index (χ3v) is 2.99. The number of ether oxygens (including phenoxy) is 1. The van der Waals surface area contributed by atoms with Crippen molar-refractivity contribution in [3.05, 3.63) is 46.9 Å². The molecule has 1 N–H and O–H groups in total. The fourth-order valence-electron chi connectivity index (χ4n) is 2.02. The van der Waals surface area contributed by atoms with Gasteiger partial charge in [-0.05, 0) is 38.5 Å². The van der Waals surface area contributed by atoms with Crippen molar-refractivity contribution in [1.82, 2.24) is 0 Å². The lowest BCUT2D eigenvalue weighted by molar-refractivity contribution is 0.102. The van der Waals surface area contributed by atoms with Gasteiger partial charge < -0.3 is 14.5 Å². The van der Waals surface area contributed by atoms with Crippen LogP contribution in [-0.2, 0) is 0 Å². The van der Waals surface area contributed by atoms with Gasteiger partial charge in [-0.15, -0.1) is 0 Å². The summed E-state index contributed by atoms with van der Waals surface area (Å²) < 4.78 is 10.5. The zero-order valence-electron chi connectivity index (χ0n) is 11.5. The number of hydrogen-bond donors (Lipinski definition) is 1. The van der Waals surface area contributed by atoms with Crippen molar-refractivity contribution >= 4 is 11.6 Å². The van der Waals surface area contributed by atoms with Gasteiger partial charge in [0, 0.05) is 5.56 Å². The summed E-state index contributed by atoms with van der Waals surface area (Å²) in [5.41, 5.74) is 3.11. The van der Waals surface area contributed by atoms with E-state index in [2.05, 4.69) is 5.32 Å². The average Bonchev–Trinajstić information content (AvgIpc) is 2.69. The van der Waals surface area contributed by atoms with Crippen LogP contribution in [0.2, 0.25) is 0 Å². The molecule has 100 valence electrons. The largest absolute Gasteiger partial charge is 0.495 e. The zero-order chi connectivity index (χ0) is 14.0. The van der Waals surface area contributed by atoms with Crippen LogP contribution in [0.5, 0.6) is 5.75 Å². The van der Waals surface area contributed by atoms with Gasteiger partial charge in [-0.25, -0.2) is 0 Å². The molecule has 0 spiro atoms. The van der Waals surface area contributed by atoms with Gasteiger partial charge in [-0.1, -0.05) is 6.07 Å². The van der Waals surface area contributed by atoms with E-state index in [1.54, 1.807) is 20.3 Å². The number of aryl methyl sites for hydroxylation is 3. The third-order valence-electron chi connectivity index (χ3n) is 2.99. The summed E-state index contributed by atoms with van der Waals surface area (Å²) in [6.07, 6.45) is 1.58. The van der Waals surface area contributed by atoms with E-state index in [1.807, 2.05) is 32.0 Å². The Morgan fingerprint density at radius 3 is 2.58 bits per heavy atom. The number of amides is 1. The molecule has 19 heavy (non-hydrogen) atoms. The maximum Gasteiger partial charge on any atom is 0.259 e. The van der Waals surface area contributed by atoms with Gasteiger partial charge in [-0.3, -0.25) is 4.79 Å². The van der Waals surface area contributed by atoms with E-state index >= 15 is 0 Å². The van der Waals surface area contributed by atoms with E-state index in [9.17, 15) is 4.79 Å². The van der Waals surface area contributed by atoms with Crippen molar-refractivity contribution < 1.29 is 13.9 Å². The third kappa shape index (κ3) is 2.62. The molecule has 0 aliphatic rings. The highest BCUT2D eigenvalue weighted by Crippen LogP contribution is 2.26. The Morgan fingerprint density at radius 1 is 1.26 bits per heavy atom. The first-order chi connectivity index (χ1) is 9.02. The molecule has 0 atom stereocenters. The molecule has 4 heteroatoms. The molecular weight excluding hydrogens is 242 g/mol. The minimum absolute atomic E-state index is 0.187. The lowest BCUT2D eigenvalue weighted by Gasteiger charge is -2.11. The normalized spacial score (nSPS) is 10.3. The van der Waals surface area contributed by atoms with E-state index in [0.29, 0.717) is 22.8 Å². The molecule has 0 radical (unpaired) electrons. The molecule has 0 saturated heterocycles. The summed E-state index contributed by atoms with van der Waals surface area (Å²) in [5.74, 6) is 1.06. The van der Waals surface area contributed by atoms with Crippen LogP contribution in [0.15, 0.2) is 28.9 Å². The second-order valence-corrected chi connectivity index (χ2v) is 4.51. The zero-order valence-corrected chi connectivity index (χ0v) is 11.5. The van der Waals surface area contributed by atoms with Gasteiger partial charge in [0.05, 0.1) is 24.6 Å². The topological polar surface area (TPSA) is 51.5 Å². The van der Waals surface area contributed by atoms with Gasteiger partial charge in [0.25, 0.3) is 5.91 Å². The molecule has 1 aromatic heterocycles. The molecule has 0 aliphatic heterocycles. The van der Waals surface area contributed by atoms with Crippen molar-refractivity contribution in [2.45, 2.75) is 20.8 Å². The molecule has 0 saturated carbocycles. The molecule has 1 aromatic carbocycles. The van der Waals surface area contributed by atoms with Crippen LogP contribution in [-0.4, -0.2) is 13.0 Å². The Bertz CT molecular complexity index is 594. The molecule has 0 bridgehead atoms. The predicted molar refractivity (Wildman–Crippen MR) is 73.9 cm³/mol. The van der Waals surface area contributed by atoms with Crippen LogP contribution >= 0.6 is 0 Å². The number of hydrogen-bond acceptors (Lipinski definition) is 3. The lowest BCUT2D eigenvalue weighted by atomic mass is 10.1. The number of anilines is 1. The van der Waals surface area contributed by atoms with Gasteiger partial charge in [-0.2, -0.15) is 0 Å². The fraction of sp³-hybridized carbons (Fsp3) is 0.267. The monoisotopic (exact) mass is 259 g/mol. The summed E-state index contributed by atoms with van der Waals surface area (Å²) in [4.78, 5) is 12.3. The standard InChI is InChI=1S/C15H17NO3/c1-9-5-6-13(18-4)12(7-9)16-15(17)14-10(2)8-19-11(14)3/h5-8H,1-4H3,(H,16,17). The Kier molecular flexibility index (Phi) is 3.60. The SMILES string of the molecule is COc1ccc(C)cc1NC(=O)c1c(C)coc1C. The Morgan fingerprint density at radius 2 is 2.00 bits per heavy atom. The van der Waals surface area contributed by atoms with Gasteiger partial charge in [0.1, 0.15) is 11.5 Å². The molecule has 4 nitrogen and oxygen atoms in total. The van der Waals surface area contributed by atoms with Crippen molar-refractivity contribution in [3.8, 4) is 5.75 Å². The Balaban J connectivity index is 2.31. The van der Waals surface area contributed by atoms with E-state index in [4.69, 9.17) is 9.15 Å². The molecule has 0 unspecified atom stereocenters. The summed E-state index contributed by atoms with van der Waals surface area (Å²) in [5, 5.41) is 2.86. The van der Waals surface area contributed by atoms with Crippen LogP contribution in [0.4, 0.5) is 5.69 Å². The minimum Gasteiger partial charge on any atom is -0.495 e. The van der Waals surface area contributed by atoms with Crippen LogP contribution in [0, 0.1) is 20.8 Å². The predicted octanol–water partition coefficient (Wildman–Crippen LogP) is 3.47. The summed E-state index contributed by atoms with van der Waals surface area (Å²) in [6, 6.07) is 5.64. The van der Waals surface area contributed by atoms with Crippen molar-refractivity contribution in [1.29, 1.82) is 0 Å². The highest BCUT2D eigenvalue weighted by Gasteiger charge is 2.17. The first-order valence-corrected chi connectivity index (χ1v) is 6.03. The molecule has 0 fully saturated rings. The molecule has 0 aliphatic carbocycles. The number of nitrogens with one attached hydrogen (secondary N) is 1. The summed E-state index contributed by atoms with van der Waals surface area (Å²) in [7, 11) is 1.58. The van der Waals surface area contributed by atoms with Gasteiger partial charge >= 0.3 is 0 Å². The maximum atomic E-state index is 12.3. The van der Waals surface area contributed by atoms with Gasteiger partial charge in [0.2, 0.25) is 0 Å². The molecule has 1 amide bonds. The van der Waals surface area contributed by atoms with Crippen molar-refractivity contribution in [2.75, 3.05) is 12.4 Å². The fourth-order valence-corrected chi connectivity index (χ4v) is 2.02. The van der Waals surface area contributed by atoms with E-state index in [0.717, 1.165) is 11.1 Å². The quantitative estimate of drug-likeness (QED) is 0.918. The van der Waals surface area contributed by atoms with Crippen molar-refractivity contribution in [3.63, 3.8) is 0 Å².